The van der Waals surface area contributed by atoms with Gasteiger partial charge in [0.2, 0.25) is 0 Å². The van der Waals surface area contributed by atoms with Crippen molar-refractivity contribution in [1.29, 1.82) is 0 Å². The largest absolute Gasteiger partial charge is 0.444 e. The molecule has 2 aliphatic heterocycles. The molecule has 0 saturated heterocycles. The van der Waals surface area contributed by atoms with E-state index in [1.165, 1.54) is 101 Å². The predicted molar refractivity (Wildman–Crippen MR) is 294 cm³/mol. The summed E-state index contributed by atoms with van der Waals surface area (Å²) in [5.74, 6) is 2.17. The lowest BCUT2D eigenvalue weighted by molar-refractivity contribution is 0.280. The molecule has 5 aromatic carbocycles. The van der Waals surface area contributed by atoms with Crippen LogP contribution in [0, 0.1) is 6.92 Å². The molecular weight excluding hydrogens is 828 g/mol. The van der Waals surface area contributed by atoms with Crippen molar-refractivity contribution in [3.05, 3.63) is 130 Å². The first-order valence-corrected chi connectivity index (χ1v) is 29.0. The van der Waals surface area contributed by atoms with Gasteiger partial charge in [0.1, 0.15) is 5.76 Å². The van der Waals surface area contributed by atoms with Gasteiger partial charge in [-0.2, -0.15) is 0 Å². The van der Waals surface area contributed by atoms with Crippen molar-refractivity contribution in [2.24, 2.45) is 0 Å². The summed E-state index contributed by atoms with van der Waals surface area (Å²) in [6, 6.07) is 36.7. The third kappa shape index (κ3) is 7.25. The third-order valence-electron chi connectivity index (χ3n) is 16.8. The Labute approximate surface area is 405 Å². The zero-order valence-electron chi connectivity index (χ0n) is 44.4. The summed E-state index contributed by atoms with van der Waals surface area (Å²) in [5.41, 5.74) is 21.1. The number of nitrogens with zero attached hydrogens (tertiary/aromatic N) is 2. The maximum absolute atomic E-state index is 7.62. The molecule has 0 fully saturated rings. The Morgan fingerprint density at radius 2 is 1.07 bits per heavy atom. The highest BCUT2D eigenvalue weighted by atomic mass is 28.3. The number of benzene rings is 5. The highest BCUT2D eigenvalue weighted by molar-refractivity contribution is 7.00. The normalized spacial score (nSPS) is 18.7. The summed E-state index contributed by atoms with van der Waals surface area (Å²) >= 11 is 0. The van der Waals surface area contributed by atoms with E-state index >= 15 is 0 Å². The predicted octanol–water partition coefficient (Wildman–Crippen LogP) is 15.2. The van der Waals surface area contributed by atoms with Gasteiger partial charge in [0, 0.05) is 33.7 Å². The fourth-order valence-corrected chi connectivity index (χ4v) is 13.4. The maximum atomic E-state index is 7.62. The molecule has 0 saturated carbocycles. The van der Waals surface area contributed by atoms with E-state index in [4.69, 9.17) is 4.42 Å². The monoisotopic (exact) mass is 905 g/mol. The Morgan fingerprint density at radius 3 is 1.66 bits per heavy atom. The number of anilines is 6. The Kier molecular flexibility index (Phi) is 10.1. The highest BCUT2D eigenvalue weighted by Crippen LogP contribution is 2.55. The molecule has 0 radical (unpaired) electrons. The van der Waals surface area contributed by atoms with Crippen LogP contribution in [-0.2, 0) is 32.5 Å². The third-order valence-corrected chi connectivity index (χ3v) is 18.9. The molecule has 0 atom stereocenters. The number of rotatable bonds is 4. The molecular formula is C62H77BN2OSi. The van der Waals surface area contributed by atoms with Gasteiger partial charge in [0.15, 0.2) is 5.88 Å². The minimum absolute atomic E-state index is 0.0166. The van der Waals surface area contributed by atoms with Crippen LogP contribution in [0.5, 0.6) is 0 Å². The Morgan fingerprint density at radius 1 is 0.537 bits per heavy atom. The number of hydrogen-bond acceptors (Lipinski definition) is 3. The molecule has 0 N–H and O–H groups in total. The minimum Gasteiger partial charge on any atom is -0.444 e. The Bertz CT molecular complexity index is 2980. The molecule has 348 valence electrons. The van der Waals surface area contributed by atoms with Crippen LogP contribution in [-0.4, -0.2) is 14.8 Å². The minimum atomic E-state index is -1.52. The maximum Gasteiger partial charge on any atom is 0.256 e. The second-order valence-corrected chi connectivity index (χ2v) is 32.0. The topological polar surface area (TPSA) is 19.6 Å². The van der Waals surface area contributed by atoms with Crippen LogP contribution < -0.4 is 31.4 Å². The van der Waals surface area contributed by atoms with Gasteiger partial charge in [-0.05, 0) is 157 Å². The lowest BCUT2D eigenvalue weighted by atomic mass is 9.32. The van der Waals surface area contributed by atoms with Crippen LogP contribution in [0.15, 0.2) is 95.4 Å². The van der Waals surface area contributed by atoms with Crippen LogP contribution >= 0.6 is 0 Å². The van der Waals surface area contributed by atoms with Crippen LogP contribution in [0.1, 0.15) is 162 Å². The summed E-state index contributed by atoms with van der Waals surface area (Å²) in [5, 5.41) is 1.49. The molecule has 10 rings (SSSR count). The standard InChI is InChI=1S/C62H77BN2OSi/c1-38-33-50-53-51(34-38)65(48-28-23-41(58(5,6)7)35-44(48)39-19-26-43(27-20-39)67(16,17)18)49-37-46-45(59(8,9)29-30-60(46,10)11)36-47(49)63(53)54-52-55(62(14,15)32-31-61(52,12)13)66-56(54)64(50)42-24-21-40(22-25-42)57(2,3)4/h19-28,33-37H,29-32H2,1-18H3. The van der Waals surface area contributed by atoms with Gasteiger partial charge in [-0.1, -0.05) is 170 Å². The molecule has 0 spiro atoms. The average Bonchev–Trinajstić information content (AvgIpc) is 3.66. The summed E-state index contributed by atoms with van der Waals surface area (Å²) < 4.78 is 7.62. The SMILES string of the molecule is Cc1cc2c3c(c1)N(c1ccc(C(C)(C)C)cc1)c1oc4c(c1B3c1cc3c(cc1N2c1ccc(C(C)(C)C)cc1-c1ccc([Si](C)(C)C)cc1)C(C)(C)CCC3(C)C)C(C)(C)CCC4(C)C. The van der Waals surface area contributed by atoms with E-state index in [9.17, 15) is 0 Å². The second-order valence-electron chi connectivity index (χ2n) is 26.9. The summed E-state index contributed by atoms with van der Waals surface area (Å²) in [7, 11) is -1.52. The lowest BCUT2D eigenvalue weighted by Crippen LogP contribution is -2.63. The van der Waals surface area contributed by atoms with E-state index in [0.717, 1.165) is 30.8 Å². The van der Waals surface area contributed by atoms with Crippen LogP contribution in [0.2, 0.25) is 19.6 Å². The van der Waals surface area contributed by atoms with Crippen LogP contribution in [0.3, 0.4) is 0 Å². The number of furan rings is 1. The fraction of sp³-hybridized carbons (Fsp3) is 0.452. The summed E-state index contributed by atoms with van der Waals surface area (Å²) in [6.07, 6.45) is 4.54. The summed E-state index contributed by atoms with van der Waals surface area (Å²) in [4.78, 5) is 5.22. The van der Waals surface area contributed by atoms with Crippen molar-refractivity contribution in [2.75, 3.05) is 9.80 Å². The number of aryl methyl sites for hydroxylation is 1. The van der Waals surface area contributed by atoms with Gasteiger partial charge in [-0.3, -0.25) is 4.90 Å². The molecule has 1 aromatic heterocycles. The van der Waals surface area contributed by atoms with Crippen molar-refractivity contribution in [3.63, 3.8) is 0 Å². The molecule has 0 bridgehead atoms. The van der Waals surface area contributed by atoms with E-state index in [0.29, 0.717) is 0 Å². The van der Waals surface area contributed by atoms with Gasteiger partial charge < -0.3 is 9.32 Å². The van der Waals surface area contributed by atoms with E-state index < -0.39 is 8.07 Å². The molecule has 3 nitrogen and oxygen atoms in total. The van der Waals surface area contributed by atoms with Crippen molar-refractivity contribution in [1.82, 2.24) is 0 Å². The molecule has 0 unspecified atom stereocenters. The molecule has 3 heterocycles. The first kappa shape index (κ1) is 46.0. The Hall–Kier alpha value is -4.74. The Balaban J connectivity index is 1.36. The quantitative estimate of drug-likeness (QED) is 0.164. The molecule has 0 amide bonds. The number of hydrogen-bond donors (Lipinski definition) is 0. The summed E-state index contributed by atoms with van der Waals surface area (Å²) in [6.45, 7) is 43.4. The lowest BCUT2D eigenvalue weighted by Gasteiger charge is -2.47. The molecule has 2 aliphatic carbocycles. The molecule has 67 heavy (non-hydrogen) atoms. The van der Waals surface area contributed by atoms with Gasteiger partial charge >= 0.3 is 0 Å². The van der Waals surface area contributed by atoms with Crippen molar-refractivity contribution in [2.45, 2.75) is 182 Å². The van der Waals surface area contributed by atoms with Crippen molar-refractivity contribution >= 4 is 70.7 Å². The fourth-order valence-electron chi connectivity index (χ4n) is 12.2. The highest BCUT2D eigenvalue weighted by Gasteiger charge is 2.53. The smallest absolute Gasteiger partial charge is 0.256 e. The van der Waals surface area contributed by atoms with Gasteiger partial charge in [-0.25, -0.2) is 0 Å². The van der Waals surface area contributed by atoms with E-state index in [1.54, 1.807) is 0 Å². The first-order valence-electron chi connectivity index (χ1n) is 25.5. The van der Waals surface area contributed by atoms with E-state index in [-0.39, 0.29) is 39.2 Å². The zero-order valence-corrected chi connectivity index (χ0v) is 45.4. The first-order chi connectivity index (χ1) is 31.0. The zero-order chi connectivity index (χ0) is 48.3. The second kappa shape index (κ2) is 14.6. The molecule has 5 heteroatoms. The van der Waals surface area contributed by atoms with Gasteiger partial charge in [0.25, 0.3) is 6.71 Å². The van der Waals surface area contributed by atoms with Gasteiger partial charge in [-0.15, -0.1) is 0 Å². The van der Waals surface area contributed by atoms with Crippen molar-refractivity contribution < 1.29 is 4.42 Å². The van der Waals surface area contributed by atoms with E-state index in [2.05, 4.69) is 224 Å². The van der Waals surface area contributed by atoms with Gasteiger partial charge in [0.05, 0.1) is 13.8 Å². The molecule has 6 aromatic rings. The molecule has 4 aliphatic rings. The average molecular weight is 905 g/mol. The van der Waals surface area contributed by atoms with E-state index in [1.807, 2.05) is 0 Å². The van der Waals surface area contributed by atoms with Crippen LogP contribution in [0.25, 0.3) is 11.1 Å². The van der Waals surface area contributed by atoms with Crippen molar-refractivity contribution in [3.8, 4) is 11.1 Å². The number of fused-ring (bicyclic) bond motifs is 7. The van der Waals surface area contributed by atoms with Crippen LogP contribution in [0.4, 0.5) is 34.3 Å².